The fourth-order valence-electron chi connectivity index (χ4n) is 0.468. The number of hydrogen-bond donors (Lipinski definition) is 0. The summed E-state index contributed by atoms with van der Waals surface area (Å²) in [5.41, 5.74) is 0. The molecule has 0 spiro atoms. The normalized spacial score (nSPS) is 24.2. The molecule has 0 saturated carbocycles. The van der Waals surface area contributed by atoms with E-state index < -0.39 is 16.3 Å². The van der Waals surface area contributed by atoms with Gasteiger partial charge in [0.2, 0.25) is 4.33 Å². The van der Waals surface area contributed by atoms with Crippen molar-refractivity contribution in [3.63, 3.8) is 0 Å². The van der Waals surface area contributed by atoms with Gasteiger partial charge in [-0.05, 0) is 0 Å². The molecule has 9 heavy (non-hydrogen) atoms. The first-order chi connectivity index (χ1) is 4.02. The summed E-state index contributed by atoms with van der Waals surface area (Å²) in [4.78, 5) is 20.7. The second kappa shape index (κ2) is 1.85. The van der Waals surface area contributed by atoms with Gasteiger partial charge in [0.1, 0.15) is 0 Å². The van der Waals surface area contributed by atoms with Crippen molar-refractivity contribution in [3.8, 4) is 0 Å². The molecule has 1 aliphatic heterocycles. The molecular weight excluding hydrogens is 167 g/mol. The highest BCUT2D eigenvalue weighted by Crippen LogP contribution is 2.32. The predicted octanol–water partition coefficient (Wildman–Crippen LogP) is 0.634. The van der Waals surface area contributed by atoms with Crippen LogP contribution in [0.4, 0.5) is 0 Å². The SMILES string of the molecule is O=C1CC(Cl)(Cl)C(=O)O1. The lowest BCUT2D eigenvalue weighted by molar-refractivity contribution is -0.152. The molecule has 0 amide bonds. The number of hydrogen-bond acceptors (Lipinski definition) is 3. The Labute approximate surface area is 60.9 Å². The Bertz CT molecular complexity index is 175. The number of esters is 2. The van der Waals surface area contributed by atoms with Crippen LogP contribution in [0.2, 0.25) is 0 Å². The van der Waals surface area contributed by atoms with Crippen molar-refractivity contribution in [1.82, 2.24) is 0 Å². The van der Waals surface area contributed by atoms with E-state index in [1.54, 1.807) is 0 Å². The Morgan fingerprint density at radius 1 is 1.44 bits per heavy atom. The lowest BCUT2D eigenvalue weighted by Crippen LogP contribution is -2.18. The minimum atomic E-state index is -1.64. The van der Waals surface area contributed by atoms with E-state index in [1.807, 2.05) is 0 Å². The van der Waals surface area contributed by atoms with Crippen molar-refractivity contribution < 1.29 is 14.3 Å². The molecule has 50 valence electrons. The highest BCUT2D eigenvalue weighted by Gasteiger charge is 2.46. The molecule has 0 aromatic rings. The van der Waals surface area contributed by atoms with E-state index in [4.69, 9.17) is 23.2 Å². The predicted molar refractivity (Wildman–Crippen MR) is 30.2 cm³/mol. The number of cyclic esters (lactones) is 2. The van der Waals surface area contributed by atoms with E-state index >= 15 is 0 Å². The van der Waals surface area contributed by atoms with Crippen LogP contribution in [-0.4, -0.2) is 16.3 Å². The van der Waals surface area contributed by atoms with Crippen LogP contribution in [0.1, 0.15) is 6.42 Å². The number of carbonyl (C=O) groups is 2. The maximum atomic E-state index is 10.4. The third-order valence-corrected chi connectivity index (χ3v) is 1.45. The van der Waals surface area contributed by atoms with E-state index in [0.717, 1.165) is 0 Å². The molecule has 0 N–H and O–H groups in total. The standard InChI is InChI=1S/C4H2Cl2O3/c5-4(6)1-2(7)9-3(4)8/h1H2. The van der Waals surface area contributed by atoms with Gasteiger partial charge in [0.05, 0.1) is 6.42 Å². The summed E-state index contributed by atoms with van der Waals surface area (Å²) in [6.45, 7) is 0. The average Bonchev–Trinajstić information content (AvgIpc) is 1.79. The molecule has 5 heteroatoms. The van der Waals surface area contributed by atoms with Crippen molar-refractivity contribution in [2.75, 3.05) is 0 Å². The van der Waals surface area contributed by atoms with Gasteiger partial charge in [0, 0.05) is 0 Å². The third kappa shape index (κ3) is 1.17. The van der Waals surface area contributed by atoms with Gasteiger partial charge in [-0.15, -0.1) is 0 Å². The number of halogens is 2. The molecule has 0 radical (unpaired) electrons. The summed E-state index contributed by atoms with van der Waals surface area (Å²) >= 11 is 10.6. The number of alkyl halides is 2. The van der Waals surface area contributed by atoms with Crippen molar-refractivity contribution >= 4 is 35.1 Å². The highest BCUT2D eigenvalue weighted by atomic mass is 35.5. The molecule has 0 aromatic heterocycles. The van der Waals surface area contributed by atoms with E-state index in [1.165, 1.54) is 0 Å². The zero-order valence-corrected chi connectivity index (χ0v) is 5.70. The summed E-state index contributed by atoms with van der Waals surface area (Å²) in [6.07, 6.45) is -0.255. The summed E-state index contributed by atoms with van der Waals surface area (Å²) in [7, 11) is 0. The molecule has 1 saturated heterocycles. The largest absolute Gasteiger partial charge is 0.391 e. The molecule has 3 nitrogen and oxygen atoms in total. The van der Waals surface area contributed by atoms with Crippen LogP contribution >= 0.6 is 23.2 Å². The Balaban J connectivity index is 2.81. The fraction of sp³-hybridized carbons (Fsp3) is 0.500. The van der Waals surface area contributed by atoms with Gasteiger partial charge in [-0.1, -0.05) is 23.2 Å². The van der Waals surface area contributed by atoms with Crippen LogP contribution in [0, 0.1) is 0 Å². The highest BCUT2D eigenvalue weighted by molar-refractivity contribution is 6.59. The van der Waals surface area contributed by atoms with Crippen molar-refractivity contribution in [3.05, 3.63) is 0 Å². The number of carbonyl (C=O) groups excluding carboxylic acids is 2. The van der Waals surface area contributed by atoms with Crippen molar-refractivity contribution in [2.24, 2.45) is 0 Å². The van der Waals surface area contributed by atoms with E-state index in [2.05, 4.69) is 4.74 Å². The summed E-state index contributed by atoms with van der Waals surface area (Å²) in [5, 5.41) is 0. The Morgan fingerprint density at radius 3 is 2.11 bits per heavy atom. The van der Waals surface area contributed by atoms with Crippen LogP contribution in [0.15, 0.2) is 0 Å². The average molecular weight is 169 g/mol. The molecule has 1 rings (SSSR count). The Morgan fingerprint density at radius 2 is 2.00 bits per heavy atom. The molecular formula is C4H2Cl2O3. The Kier molecular flexibility index (Phi) is 1.41. The maximum Gasteiger partial charge on any atom is 0.350 e. The molecule has 0 unspecified atom stereocenters. The van der Waals surface area contributed by atoms with Crippen LogP contribution in [0.3, 0.4) is 0 Å². The lowest BCUT2D eigenvalue weighted by Gasteiger charge is -2.00. The summed E-state index contributed by atoms with van der Waals surface area (Å²) in [5.74, 6) is -1.55. The summed E-state index contributed by atoms with van der Waals surface area (Å²) < 4.78 is 2.39. The van der Waals surface area contributed by atoms with Crippen LogP contribution in [-0.2, 0) is 14.3 Å². The van der Waals surface area contributed by atoms with Gasteiger partial charge in [-0.25, -0.2) is 4.79 Å². The first-order valence-electron chi connectivity index (χ1n) is 2.15. The molecule has 1 fully saturated rings. The van der Waals surface area contributed by atoms with Crippen LogP contribution in [0.5, 0.6) is 0 Å². The van der Waals surface area contributed by atoms with Gasteiger partial charge in [0.25, 0.3) is 0 Å². The summed E-state index contributed by atoms with van der Waals surface area (Å²) in [6, 6.07) is 0. The Hall–Kier alpha value is -0.280. The molecule has 0 aliphatic carbocycles. The molecule has 0 atom stereocenters. The van der Waals surface area contributed by atoms with Crippen molar-refractivity contribution in [2.45, 2.75) is 10.8 Å². The van der Waals surface area contributed by atoms with E-state index in [9.17, 15) is 9.59 Å². The van der Waals surface area contributed by atoms with Crippen LogP contribution in [0.25, 0.3) is 0 Å². The van der Waals surface area contributed by atoms with Crippen molar-refractivity contribution in [1.29, 1.82) is 0 Å². The van der Waals surface area contributed by atoms with Gasteiger partial charge < -0.3 is 4.74 Å². The minimum Gasteiger partial charge on any atom is -0.391 e. The maximum absolute atomic E-state index is 10.4. The van der Waals surface area contributed by atoms with E-state index in [0.29, 0.717) is 0 Å². The zero-order valence-electron chi connectivity index (χ0n) is 4.19. The second-order valence-corrected chi connectivity index (χ2v) is 3.13. The van der Waals surface area contributed by atoms with Gasteiger partial charge in [-0.3, -0.25) is 4.79 Å². The van der Waals surface area contributed by atoms with Gasteiger partial charge in [0.15, 0.2) is 0 Å². The second-order valence-electron chi connectivity index (χ2n) is 1.64. The quantitative estimate of drug-likeness (QED) is 0.303. The first-order valence-corrected chi connectivity index (χ1v) is 2.91. The molecule has 1 aliphatic rings. The molecule has 0 bridgehead atoms. The van der Waals surface area contributed by atoms with Gasteiger partial charge in [-0.2, -0.15) is 0 Å². The van der Waals surface area contributed by atoms with Gasteiger partial charge >= 0.3 is 11.9 Å². The first kappa shape index (κ1) is 6.83. The fourth-order valence-corrected chi connectivity index (χ4v) is 0.763. The topological polar surface area (TPSA) is 43.4 Å². The smallest absolute Gasteiger partial charge is 0.350 e. The zero-order chi connectivity index (χ0) is 7.07. The minimum absolute atomic E-state index is 0.255. The molecule has 1 heterocycles. The van der Waals surface area contributed by atoms with E-state index in [-0.39, 0.29) is 6.42 Å². The third-order valence-electron chi connectivity index (χ3n) is 0.872. The molecule has 0 aromatic carbocycles. The lowest BCUT2D eigenvalue weighted by atomic mass is 10.3. The number of ether oxygens (including phenoxy) is 1. The number of rotatable bonds is 0. The monoisotopic (exact) mass is 168 g/mol. The van der Waals surface area contributed by atoms with Crippen LogP contribution < -0.4 is 0 Å².